The van der Waals surface area contributed by atoms with Gasteiger partial charge in [-0.05, 0) is 67.2 Å². The number of hydrogen-bond acceptors (Lipinski definition) is 5. The van der Waals surface area contributed by atoms with E-state index in [2.05, 4.69) is 6.58 Å². The van der Waals surface area contributed by atoms with Crippen molar-refractivity contribution in [1.29, 1.82) is 0 Å². The van der Waals surface area contributed by atoms with Crippen molar-refractivity contribution in [3.63, 3.8) is 0 Å². The van der Waals surface area contributed by atoms with Gasteiger partial charge in [-0.2, -0.15) is 0 Å². The molecule has 1 N–H and O–H groups in total. The molecule has 2 amide bonds. The zero-order valence-corrected chi connectivity index (χ0v) is 20.6. The van der Waals surface area contributed by atoms with Crippen LogP contribution in [0.5, 0.6) is 5.75 Å². The largest absolute Gasteiger partial charge is 0.505 e. The third-order valence-electron chi connectivity index (χ3n) is 8.26. The first kappa shape index (κ1) is 24.0. The number of hydrogen-bond donors (Lipinski definition) is 1. The maximum Gasteiger partial charge on any atom is 0.238 e. The van der Waals surface area contributed by atoms with Gasteiger partial charge in [-0.3, -0.25) is 24.1 Å². The monoisotopic (exact) mass is 509 g/mol. The predicted molar refractivity (Wildman–Crippen MR) is 138 cm³/mol. The second-order valence-corrected chi connectivity index (χ2v) is 10.2. The number of anilines is 1. The van der Waals surface area contributed by atoms with Crippen molar-refractivity contribution in [2.45, 2.75) is 25.7 Å². The van der Waals surface area contributed by atoms with Gasteiger partial charge in [0.2, 0.25) is 11.8 Å². The van der Waals surface area contributed by atoms with Crippen LogP contribution in [0.1, 0.15) is 36.8 Å². The highest BCUT2D eigenvalue weighted by atomic mass is 19.1. The lowest BCUT2D eigenvalue weighted by Crippen LogP contribution is -2.39. The Kier molecular flexibility index (Phi) is 5.42. The topological polar surface area (TPSA) is 91.8 Å². The molecule has 1 aliphatic heterocycles. The molecule has 0 bridgehead atoms. The van der Waals surface area contributed by atoms with Crippen LogP contribution in [-0.4, -0.2) is 28.5 Å². The van der Waals surface area contributed by atoms with Gasteiger partial charge in [0.25, 0.3) is 0 Å². The first-order chi connectivity index (χ1) is 18.2. The zero-order valence-electron chi connectivity index (χ0n) is 20.6. The van der Waals surface area contributed by atoms with E-state index in [4.69, 9.17) is 0 Å². The Hall–Kier alpha value is -4.39. The number of imide groups is 1. The van der Waals surface area contributed by atoms with Gasteiger partial charge in [0.05, 0.1) is 17.5 Å². The van der Waals surface area contributed by atoms with Crippen molar-refractivity contribution in [2.75, 3.05) is 4.90 Å². The molecule has 3 aliphatic carbocycles. The highest BCUT2D eigenvalue weighted by Gasteiger charge is 2.56. The third-order valence-corrected chi connectivity index (χ3v) is 8.26. The Bertz CT molecular complexity index is 1560. The van der Waals surface area contributed by atoms with Crippen LogP contribution in [0.25, 0.3) is 6.08 Å². The van der Waals surface area contributed by atoms with Gasteiger partial charge in [-0.25, -0.2) is 4.39 Å². The van der Waals surface area contributed by atoms with Crippen LogP contribution < -0.4 is 4.90 Å². The van der Waals surface area contributed by atoms with E-state index in [1.165, 1.54) is 29.2 Å². The number of halogens is 1. The highest BCUT2D eigenvalue weighted by molar-refractivity contribution is 6.25. The number of carbonyl (C=O) groups excluding carboxylic acids is 4. The molecule has 6 nitrogen and oxygen atoms in total. The molecule has 4 unspecified atom stereocenters. The fourth-order valence-corrected chi connectivity index (χ4v) is 6.46. The molecular formula is C31H24FNO5. The van der Waals surface area contributed by atoms with Crippen molar-refractivity contribution in [3.05, 3.63) is 100 Å². The number of Topliss-reactive ketones (excluding diaryl/α,β-unsaturated/α-hetero) is 1. The molecule has 1 heterocycles. The number of allylic oxidation sites excluding steroid dienone is 6. The van der Waals surface area contributed by atoms with Crippen LogP contribution in [0, 0.1) is 23.6 Å². The van der Waals surface area contributed by atoms with E-state index in [0.717, 1.165) is 11.1 Å². The minimum Gasteiger partial charge on any atom is -0.505 e. The molecule has 7 heteroatoms. The maximum absolute atomic E-state index is 14.5. The Morgan fingerprint density at radius 1 is 1.03 bits per heavy atom. The van der Waals surface area contributed by atoms with Gasteiger partial charge in [0, 0.05) is 22.6 Å². The average Bonchev–Trinajstić information content (AvgIpc) is 3.17. The summed E-state index contributed by atoms with van der Waals surface area (Å²) >= 11 is 0. The molecule has 0 aromatic heterocycles. The molecule has 4 atom stereocenters. The maximum atomic E-state index is 14.5. The molecular weight excluding hydrogens is 485 g/mol. The summed E-state index contributed by atoms with van der Waals surface area (Å²) in [5, 5.41) is 9.78. The number of rotatable bonds is 3. The van der Waals surface area contributed by atoms with Crippen molar-refractivity contribution in [2.24, 2.45) is 17.8 Å². The van der Waals surface area contributed by atoms with E-state index in [1.54, 1.807) is 37.3 Å². The first-order valence-electron chi connectivity index (χ1n) is 12.5. The molecule has 1 saturated heterocycles. The molecule has 1 fully saturated rings. The number of phenols is 1. The standard InChI is InChI=1S/C31H24FNO5/c1-3-16-4-7-18(8-5-16)33-30(37)20-10-9-19-21(27(20)31(33)38)14-22-25(35)12-15(2)29(36)28(22)26(19)17-6-11-24(34)23(32)13-17/h3-9,11-13,20-21,26-27,34H,1,10,14H2,2H3. The first-order valence-corrected chi connectivity index (χ1v) is 12.5. The lowest BCUT2D eigenvalue weighted by Gasteiger charge is -2.42. The number of nitrogens with zero attached hydrogens (tertiary/aromatic N) is 1. The summed E-state index contributed by atoms with van der Waals surface area (Å²) < 4.78 is 14.5. The Labute approximate surface area is 218 Å². The van der Waals surface area contributed by atoms with Crippen LogP contribution in [0.4, 0.5) is 10.1 Å². The van der Waals surface area contributed by atoms with Gasteiger partial charge in [-0.1, -0.05) is 42.5 Å². The molecule has 190 valence electrons. The van der Waals surface area contributed by atoms with Crippen molar-refractivity contribution >= 4 is 35.1 Å². The SMILES string of the molecule is C=Cc1ccc(N2C(=O)C3CC=C4C(c5ccc(O)c(F)c5)C5=C(CC4C3C2=O)C(=O)C=C(C)C5=O)cc1. The van der Waals surface area contributed by atoms with Gasteiger partial charge >= 0.3 is 0 Å². The molecule has 0 saturated carbocycles. The summed E-state index contributed by atoms with van der Waals surface area (Å²) in [5.74, 6) is -5.19. The van der Waals surface area contributed by atoms with Crippen molar-refractivity contribution < 1.29 is 28.7 Å². The fourth-order valence-electron chi connectivity index (χ4n) is 6.46. The van der Waals surface area contributed by atoms with E-state index in [1.807, 2.05) is 6.08 Å². The third kappa shape index (κ3) is 3.38. The van der Waals surface area contributed by atoms with Crippen LogP contribution in [0.2, 0.25) is 0 Å². The second kappa shape index (κ2) is 8.58. The normalized spacial score (nSPS) is 26.5. The molecule has 4 aliphatic rings. The lowest BCUT2D eigenvalue weighted by atomic mass is 9.59. The summed E-state index contributed by atoms with van der Waals surface area (Å²) in [6.45, 7) is 5.31. The zero-order chi connectivity index (χ0) is 26.9. The van der Waals surface area contributed by atoms with Gasteiger partial charge in [-0.15, -0.1) is 0 Å². The quantitative estimate of drug-likeness (QED) is 0.364. The molecule has 2 aromatic carbocycles. The summed E-state index contributed by atoms with van der Waals surface area (Å²) in [4.78, 5) is 55.1. The summed E-state index contributed by atoms with van der Waals surface area (Å²) in [6.07, 6.45) is 5.30. The number of ketones is 2. The van der Waals surface area contributed by atoms with Crippen LogP contribution in [0.3, 0.4) is 0 Å². The van der Waals surface area contributed by atoms with Gasteiger partial charge < -0.3 is 5.11 Å². The lowest BCUT2D eigenvalue weighted by molar-refractivity contribution is -0.123. The number of phenolic OH excluding ortho intramolecular Hbond substituents is 1. The smallest absolute Gasteiger partial charge is 0.238 e. The number of aromatic hydroxyl groups is 1. The van der Waals surface area contributed by atoms with E-state index in [0.29, 0.717) is 28.8 Å². The molecule has 0 spiro atoms. The van der Waals surface area contributed by atoms with Gasteiger partial charge in [0.15, 0.2) is 23.1 Å². The highest BCUT2D eigenvalue weighted by Crippen LogP contribution is 2.55. The van der Waals surface area contributed by atoms with E-state index < -0.39 is 35.2 Å². The average molecular weight is 510 g/mol. The molecule has 6 rings (SSSR count). The number of benzene rings is 2. The second-order valence-electron chi connectivity index (χ2n) is 10.2. The van der Waals surface area contributed by atoms with E-state index >= 15 is 0 Å². The summed E-state index contributed by atoms with van der Waals surface area (Å²) in [7, 11) is 0. The van der Waals surface area contributed by atoms with Crippen molar-refractivity contribution in [1.82, 2.24) is 0 Å². The summed E-state index contributed by atoms with van der Waals surface area (Å²) in [5.41, 5.74) is 3.35. The minimum atomic E-state index is -0.843. The number of fused-ring (bicyclic) bond motifs is 3. The van der Waals surface area contributed by atoms with Gasteiger partial charge in [0.1, 0.15) is 0 Å². The Balaban J connectivity index is 1.47. The van der Waals surface area contributed by atoms with E-state index in [-0.39, 0.29) is 35.4 Å². The van der Waals surface area contributed by atoms with Crippen LogP contribution in [0.15, 0.2) is 83.5 Å². The minimum absolute atomic E-state index is 0.149. The van der Waals surface area contributed by atoms with Crippen molar-refractivity contribution in [3.8, 4) is 5.75 Å². The Morgan fingerprint density at radius 3 is 2.45 bits per heavy atom. The molecule has 38 heavy (non-hydrogen) atoms. The van der Waals surface area contributed by atoms with Crippen LogP contribution in [-0.2, 0) is 19.2 Å². The fraction of sp³-hybridized carbons (Fsp3) is 0.226. The van der Waals surface area contributed by atoms with Crippen LogP contribution >= 0.6 is 0 Å². The molecule has 2 aromatic rings. The number of carbonyl (C=O) groups is 4. The Morgan fingerprint density at radius 2 is 1.76 bits per heavy atom. The summed E-state index contributed by atoms with van der Waals surface area (Å²) in [6, 6.07) is 10.9. The number of amides is 2. The van der Waals surface area contributed by atoms with E-state index in [9.17, 15) is 28.7 Å². The predicted octanol–water partition coefficient (Wildman–Crippen LogP) is 4.81. The molecule has 0 radical (unpaired) electrons.